The Balaban J connectivity index is 1.79. The molecule has 32 heavy (non-hydrogen) atoms. The van der Waals surface area contributed by atoms with Crippen molar-refractivity contribution in [2.45, 2.75) is 51.7 Å². The van der Waals surface area contributed by atoms with Crippen molar-refractivity contribution in [2.75, 3.05) is 19.6 Å². The zero-order valence-electron chi connectivity index (χ0n) is 18.5. The Morgan fingerprint density at radius 1 is 1.09 bits per heavy atom. The number of hydrogen-bond donors (Lipinski definition) is 0. The van der Waals surface area contributed by atoms with Crippen LogP contribution in [-0.4, -0.2) is 41.2 Å². The molecule has 2 aromatic rings. The van der Waals surface area contributed by atoms with Gasteiger partial charge in [0.15, 0.2) is 0 Å². The van der Waals surface area contributed by atoms with Crippen LogP contribution in [0.3, 0.4) is 0 Å². The highest BCUT2D eigenvalue weighted by atomic mass is 19.4. The fraction of sp³-hybridized carbons (Fsp3) is 0.440. The van der Waals surface area contributed by atoms with Crippen molar-refractivity contribution < 1.29 is 22.8 Å². The van der Waals surface area contributed by atoms with Crippen LogP contribution in [0.2, 0.25) is 0 Å². The van der Waals surface area contributed by atoms with Crippen LogP contribution in [0.5, 0.6) is 0 Å². The number of unbranched alkanes of at least 4 members (excludes halogenated alkanes) is 2. The topological polar surface area (TPSA) is 40.6 Å². The third-order valence-corrected chi connectivity index (χ3v) is 6.00. The van der Waals surface area contributed by atoms with Crippen LogP contribution >= 0.6 is 0 Å². The summed E-state index contributed by atoms with van der Waals surface area (Å²) in [7, 11) is 0. The van der Waals surface area contributed by atoms with Gasteiger partial charge in [-0.25, -0.2) is 0 Å². The highest BCUT2D eigenvalue weighted by Gasteiger charge is 2.32. The molecule has 1 aliphatic heterocycles. The number of nitrogens with zero attached hydrogens (tertiary/aromatic N) is 2. The van der Waals surface area contributed by atoms with Crippen LogP contribution < -0.4 is 0 Å². The van der Waals surface area contributed by atoms with E-state index in [1.165, 1.54) is 22.6 Å². The molecule has 2 amide bonds. The monoisotopic (exact) mass is 446 g/mol. The van der Waals surface area contributed by atoms with Crippen molar-refractivity contribution in [3.05, 3.63) is 70.8 Å². The number of alkyl halides is 3. The number of halogens is 3. The largest absolute Gasteiger partial charge is 0.416 e. The predicted molar refractivity (Wildman–Crippen MR) is 117 cm³/mol. The van der Waals surface area contributed by atoms with Gasteiger partial charge in [0.05, 0.1) is 11.6 Å². The van der Waals surface area contributed by atoms with Gasteiger partial charge in [-0.2, -0.15) is 13.2 Å². The molecule has 0 spiro atoms. The second kappa shape index (κ2) is 10.2. The van der Waals surface area contributed by atoms with E-state index in [-0.39, 0.29) is 24.1 Å². The summed E-state index contributed by atoms with van der Waals surface area (Å²) >= 11 is 0. The Morgan fingerprint density at radius 2 is 1.84 bits per heavy atom. The molecule has 2 aromatic carbocycles. The number of fused-ring (bicyclic) bond motifs is 1. The quantitative estimate of drug-likeness (QED) is 0.528. The smallest absolute Gasteiger partial charge is 0.334 e. The second-order valence-electron chi connectivity index (χ2n) is 8.22. The van der Waals surface area contributed by atoms with Crippen LogP contribution in [0, 0.1) is 0 Å². The van der Waals surface area contributed by atoms with Gasteiger partial charge >= 0.3 is 6.18 Å². The Hall–Kier alpha value is -2.83. The van der Waals surface area contributed by atoms with Crippen molar-refractivity contribution in [1.82, 2.24) is 9.80 Å². The lowest BCUT2D eigenvalue weighted by molar-refractivity contribution is -0.137. The van der Waals surface area contributed by atoms with Crippen LogP contribution in [0.25, 0.3) is 0 Å². The molecule has 0 saturated heterocycles. The standard InChI is InChI=1S/C25H29F3N2O2/c1-3-4-7-14-29(24(32)20-10-8-11-21(16-20)25(26,27)28)17-23(31)30-15-13-19-9-5-6-12-22(19)18(30)2/h5-6,8-12,16,18H,3-4,7,13-15,17H2,1-2H3. The van der Waals surface area contributed by atoms with Crippen LogP contribution in [0.4, 0.5) is 13.2 Å². The minimum absolute atomic E-state index is 0.0545. The summed E-state index contributed by atoms with van der Waals surface area (Å²) in [5.74, 6) is -0.741. The average Bonchev–Trinajstić information content (AvgIpc) is 2.78. The molecule has 0 fully saturated rings. The molecular formula is C25H29F3N2O2. The summed E-state index contributed by atoms with van der Waals surface area (Å²) in [6.07, 6.45) is -1.31. The third kappa shape index (κ3) is 5.50. The van der Waals surface area contributed by atoms with Gasteiger partial charge in [-0.15, -0.1) is 0 Å². The number of amides is 2. The van der Waals surface area contributed by atoms with Gasteiger partial charge in [-0.1, -0.05) is 50.1 Å². The Bertz CT molecular complexity index is 958. The molecule has 4 nitrogen and oxygen atoms in total. The summed E-state index contributed by atoms with van der Waals surface area (Å²) in [6, 6.07) is 12.3. The molecule has 172 valence electrons. The van der Waals surface area contributed by atoms with E-state index in [0.717, 1.165) is 37.0 Å². The van der Waals surface area contributed by atoms with E-state index < -0.39 is 17.6 Å². The molecular weight excluding hydrogens is 417 g/mol. The van der Waals surface area contributed by atoms with Gasteiger partial charge in [-0.05, 0) is 49.1 Å². The van der Waals surface area contributed by atoms with Gasteiger partial charge in [0.25, 0.3) is 5.91 Å². The van der Waals surface area contributed by atoms with Crippen molar-refractivity contribution >= 4 is 11.8 Å². The summed E-state index contributed by atoms with van der Waals surface area (Å²) in [5.41, 5.74) is 1.38. The summed E-state index contributed by atoms with van der Waals surface area (Å²) in [6.45, 7) is 4.72. The molecule has 0 bridgehead atoms. The molecule has 1 unspecified atom stereocenters. The first kappa shape index (κ1) is 23.8. The van der Waals surface area contributed by atoms with E-state index in [1.807, 2.05) is 32.0 Å². The first-order valence-electron chi connectivity index (χ1n) is 11.1. The van der Waals surface area contributed by atoms with Gasteiger partial charge < -0.3 is 9.80 Å². The first-order chi connectivity index (χ1) is 15.2. The number of benzene rings is 2. The Kier molecular flexibility index (Phi) is 7.59. The van der Waals surface area contributed by atoms with E-state index in [2.05, 4.69) is 6.07 Å². The van der Waals surface area contributed by atoms with Crippen molar-refractivity contribution in [3.63, 3.8) is 0 Å². The lowest BCUT2D eigenvalue weighted by Crippen LogP contribution is -2.46. The summed E-state index contributed by atoms with van der Waals surface area (Å²) in [5, 5.41) is 0. The van der Waals surface area contributed by atoms with E-state index in [9.17, 15) is 22.8 Å². The zero-order chi connectivity index (χ0) is 23.3. The highest BCUT2D eigenvalue weighted by molar-refractivity contribution is 5.96. The zero-order valence-corrected chi connectivity index (χ0v) is 18.5. The molecule has 0 N–H and O–H groups in total. The molecule has 1 aliphatic rings. The lowest BCUT2D eigenvalue weighted by atomic mass is 9.93. The minimum atomic E-state index is -4.53. The highest BCUT2D eigenvalue weighted by Crippen LogP contribution is 2.31. The van der Waals surface area contributed by atoms with E-state index >= 15 is 0 Å². The predicted octanol–water partition coefficient (Wildman–Crippen LogP) is 5.48. The van der Waals surface area contributed by atoms with Crippen LogP contribution in [0.15, 0.2) is 48.5 Å². The second-order valence-corrected chi connectivity index (χ2v) is 8.22. The SMILES string of the molecule is CCCCCN(CC(=O)N1CCc2ccccc2C1C)C(=O)c1cccc(C(F)(F)F)c1. The van der Waals surface area contributed by atoms with E-state index in [4.69, 9.17) is 0 Å². The fourth-order valence-electron chi connectivity index (χ4n) is 4.18. The summed E-state index contributed by atoms with van der Waals surface area (Å²) in [4.78, 5) is 29.4. The number of rotatable bonds is 7. The van der Waals surface area contributed by atoms with Gasteiger partial charge in [0.1, 0.15) is 6.54 Å². The van der Waals surface area contributed by atoms with Crippen LogP contribution in [-0.2, 0) is 17.4 Å². The van der Waals surface area contributed by atoms with Crippen LogP contribution in [0.1, 0.15) is 66.2 Å². The van der Waals surface area contributed by atoms with Gasteiger partial charge in [0, 0.05) is 18.7 Å². The molecule has 0 radical (unpaired) electrons. The van der Waals surface area contributed by atoms with Crippen molar-refractivity contribution in [3.8, 4) is 0 Å². The first-order valence-corrected chi connectivity index (χ1v) is 11.1. The fourth-order valence-corrected chi connectivity index (χ4v) is 4.18. The molecule has 0 aliphatic carbocycles. The maximum atomic E-state index is 13.2. The average molecular weight is 447 g/mol. The normalized spacial score (nSPS) is 15.9. The van der Waals surface area contributed by atoms with Crippen molar-refractivity contribution in [2.24, 2.45) is 0 Å². The molecule has 3 rings (SSSR count). The maximum Gasteiger partial charge on any atom is 0.416 e. The van der Waals surface area contributed by atoms with E-state index in [1.54, 1.807) is 4.90 Å². The molecule has 1 heterocycles. The third-order valence-electron chi connectivity index (χ3n) is 6.00. The molecule has 7 heteroatoms. The lowest BCUT2D eigenvalue weighted by Gasteiger charge is -2.36. The maximum absolute atomic E-state index is 13.2. The minimum Gasteiger partial charge on any atom is -0.334 e. The number of hydrogen-bond acceptors (Lipinski definition) is 2. The number of carbonyl (C=O) groups excluding carboxylic acids is 2. The van der Waals surface area contributed by atoms with Gasteiger partial charge in [0.2, 0.25) is 5.91 Å². The summed E-state index contributed by atoms with van der Waals surface area (Å²) < 4.78 is 39.3. The molecule has 1 atom stereocenters. The Labute approximate surface area is 187 Å². The molecule has 0 aromatic heterocycles. The van der Waals surface area contributed by atoms with Gasteiger partial charge in [-0.3, -0.25) is 9.59 Å². The molecule has 0 saturated carbocycles. The van der Waals surface area contributed by atoms with E-state index in [0.29, 0.717) is 19.5 Å². The Morgan fingerprint density at radius 3 is 2.56 bits per heavy atom. The number of carbonyl (C=O) groups is 2. The van der Waals surface area contributed by atoms with Crippen molar-refractivity contribution in [1.29, 1.82) is 0 Å².